The Hall–Kier alpha value is -2.69. The van der Waals surface area contributed by atoms with Gasteiger partial charge in [-0.15, -0.1) is 0 Å². The van der Waals surface area contributed by atoms with E-state index < -0.39 is 0 Å². The van der Waals surface area contributed by atoms with Crippen LogP contribution in [0.15, 0.2) is 52.6 Å². The zero-order valence-electron chi connectivity index (χ0n) is 18.3. The maximum Gasteiger partial charge on any atom is 0.262 e. The molecule has 1 heterocycles. The van der Waals surface area contributed by atoms with Crippen LogP contribution in [0.1, 0.15) is 49.4 Å². The molecule has 1 aromatic heterocycles. The molecule has 7 heteroatoms. The van der Waals surface area contributed by atoms with Crippen LogP contribution < -0.4 is 15.4 Å². The number of hydrogen-bond donors (Lipinski definition) is 2. The molecular weight excluding hydrogens is 468 g/mol. The number of halogens is 1. The zero-order chi connectivity index (χ0) is 22.8. The lowest BCUT2D eigenvalue weighted by Gasteiger charge is -2.34. The van der Waals surface area contributed by atoms with Gasteiger partial charge in [0, 0.05) is 0 Å². The van der Waals surface area contributed by atoms with Gasteiger partial charge in [0.25, 0.3) is 5.91 Å². The third kappa shape index (κ3) is 6.91. The molecule has 1 aromatic carbocycles. The molecule has 0 radical (unpaired) electrons. The first kappa shape index (κ1) is 24.0. The second-order valence-corrected chi connectivity index (χ2v) is 8.74. The number of nitrogens with zero attached hydrogens (tertiary/aromatic N) is 2. The summed E-state index contributed by atoms with van der Waals surface area (Å²) in [7, 11) is 1.95. The van der Waals surface area contributed by atoms with Crippen molar-refractivity contribution in [3.05, 3.63) is 63.9 Å². The molecule has 6 nitrogen and oxygen atoms in total. The van der Waals surface area contributed by atoms with Crippen molar-refractivity contribution in [2.45, 2.75) is 38.1 Å². The minimum atomic E-state index is -0.379. The average Bonchev–Trinajstić information content (AvgIpc) is 2.76. The summed E-state index contributed by atoms with van der Waals surface area (Å²) in [4.78, 5) is 17.2. The molecule has 168 valence electrons. The molecule has 1 unspecified atom stereocenters. The number of carbonyl (C=O) groups is 1. The van der Waals surface area contributed by atoms with Crippen molar-refractivity contribution < 1.29 is 9.53 Å². The molecule has 1 saturated carbocycles. The number of nitrogens with one attached hydrogen (secondary N) is 2. The molecule has 1 atom stereocenters. The number of benzene rings is 1. The molecule has 1 aliphatic rings. The first-order valence-corrected chi connectivity index (χ1v) is 11.8. The Morgan fingerprint density at radius 3 is 2.69 bits per heavy atom. The molecule has 2 aromatic rings. The van der Waals surface area contributed by atoms with Gasteiger partial charge in [-0.25, -0.2) is 4.98 Å². The number of rotatable bonds is 11. The van der Waals surface area contributed by atoms with Crippen LogP contribution >= 0.6 is 15.9 Å². The highest BCUT2D eigenvalue weighted by molar-refractivity contribution is 9.10. The number of amides is 1. The Balaban J connectivity index is 1.67. The molecule has 2 N–H and O–H groups in total. The second-order valence-electron chi connectivity index (χ2n) is 7.93. The summed E-state index contributed by atoms with van der Waals surface area (Å²) in [6.45, 7) is 1.67. The normalized spacial score (nSPS) is 14.8. The Bertz CT molecular complexity index is 965. The number of ether oxygens (including phenoxy) is 1. The SMILES string of the molecule is CNCCCCOc1ccc(C(NC(=O)/C(C#N)=C/c2cccc(Br)n2)C2CCC2)cc1. The van der Waals surface area contributed by atoms with E-state index in [0.29, 0.717) is 22.8 Å². The van der Waals surface area contributed by atoms with Gasteiger partial charge in [0.1, 0.15) is 22.0 Å². The lowest BCUT2D eigenvalue weighted by atomic mass is 9.77. The summed E-state index contributed by atoms with van der Waals surface area (Å²) in [5.74, 6) is 0.822. The molecule has 0 spiro atoms. The monoisotopic (exact) mass is 496 g/mol. The Morgan fingerprint density at radius 1 is 1.28 bits per heavy atom. The van der Waals surface area contributed by atoms with Gasteiger partial charge in [0.15, 0.2) is 0 Å². The van der Waals surface area contributed by atoms with Gasteiger partial charge in [-0.05, 0) is 97.0 Å². The average molecular weight is 497 g/mol. The van der Waals surface area contributed by atoms with E-state index in [9.17, 15) is 10.1 Å². The molecule has 0 saturated heterocycles. The van der Waals surface area contributed by atoms with Crippen LogP contribution in [0.3, 0.4) is 0 Å². The van der Waals surface area contributed by atoms with E-state index in [-0.39, 0.29) is 17.5 Å². The Morgan fingerprint density at radius 2 is 2.06 bits per heavy atom. The van der Waals surface area contributed by atoms with Gasteiger partial charge in [-0.2, -0.15) is 5.26 Å². The van der Waals surface area contributed by atoms with Crippen molar-refractivity contribution >= 4 is 27.9 Å². The first-order valence-electron chi connectivity index (χ1n) is 11.0. The third-order valence-corrected chi connectivity index (χ3v) is 6.07. The van der Waals surface area contributed by atoms with Crippen LogP contribution in [0, 0.1) is 17.2 Å². The number of unbranched alkanes of at least 4 members (excludes halogenated alkanes) is 1. The van der Waals surface area contributed by atoms with E-state index in [4.69, 9.17) is 4.74 Å². The summed E-state index contributed by atoms with van der Waals surface area (Å²) in [5.41, 5.74) is 1.63. The highest BCUT2D eigenvalue weighted by atomic mass is 79.9. The largest absolute Gasteiger partial charge is 0.494 e. The minimum absolute atomic E-state index is 0.0430. The van der Waals surface area contributed by atoms with E-state index >= 15 is 0 Å². The third-order valence-electron chi connectivity index (χ3n) is 5.63. The fourth-order valence-electron chi connectivity index (χ4n) is 3.63. The number of pyridine rings is 1. The van der Waals surface area contributed by atoms with Gasteiger partial charge in [0.05, 0.1) is 18.3 Å². The number of hydrogen-bond acceptors (Lipinski definition) is 5. The number of aromatic nitrogens is 1. The molecular formula is C25H29BrN4O2. The van der Waals surface area contributed by atoms with Crippen molar-refractivity contribution in [1.82, 2.24) is 15.6 Å². The van der Waals surface area contributed by atoms with Gasteiger partial charge >= 0.3 is 0 Å². The van der Waals surface area contributed by atoms with Crippen LogP contribution in [0.25, 0.3) is 6.08 Å². The molecule has 1 aliphatic carbocycles. The van der Waals surface area contributed by atoms with Gasteiger partial charge in [-0.1, -0.05) is 24.6 Å². The highest BCUT2D eigenvalue weighted by Gasteiger charge is 2.30. The van der Waals surface area contributed by atoms with Crippen molar-refractivity contribution in [2.24, 2.45) is 5.92 Å². The standard InChI is InChI=1S/C25H29BrN4O2/c1-28-14-2-3-15-32-22-12-10-19(11-13-22)24(18-6-4-7-18)30-25(31)20(17-27)16-21-8-5-9-23(26)29-21/h5,8-13,16,18,24,28H,2-4,6-7,14-15H2,1H3,(H,30,31)/b20-16+. The maximum absolute atomic E-state index is 12.9. The minimum Gasteiger partial charge on any atom is -0.494 e. The van der Waals surface area contributed by atoms with Crippen molar-refractivity contribution in [3.8, 4) is 11.8 Å². The smallest absolute Gasteiger partial charge is 0.262 e. The summed E-state index contributed by atoms with van der Waals surface area (Å²) in [5, 5.41) is 15.8. The summed E-state index contributed by atoms with van der Waals surface area (Å²) < 4.78 is 6.48. The molecule has 1 fully saturated rings. The predicted molar refractivity (Wildman–Crippen MR) is 129 cm³/mol. The second kappa shape index (κ2) is 12.4. The zero-order valence-corrected chi connectivity index (χ0v) is 19.9. The van der Waals surface area contributed by atoms with Crippen LogP contribution in [0.5, 0.6) is 5.75 Å². The van der Waals surface area contributed by atoms with E-state index in [1.165, 1.54) is 6.08 Å². The summed E-state index contributed by atoms with van der Waals surface area (Å²) in [6, 6.07) is 15.2. The van der Waals surface area contributed by atoms with Crippen LogP contribution in [0.4, 0.5) is 0 Å². The molecule has 32 heavy (non-hydrogen) atoms. The topological polar surface area (TPSA) is 87.0 Å². The van der Waals surface area contributed by atoms with Gasteiger partial charge in [-0.3, -0.25) is 4.79 Å². The number of nitriles is 1. The van der Waals surface area contributed by atoms with Gasteiger partial charge < -0.3 is 15.4 Å². The first-order chi connectivity index (χ1) is 15.6. The highest BCUT2D eigenvalue weighted by Crippen LogP contribution is 2.38. The van der Waals surface area contributed by atoms with Crippen molar-refractivity contribution in [3.63, 3.8) is 0 Å². The van der Waals surface area contributed by atoms with E-state index in [2.05, 4.69) is 31.5 Å². The van der Waals surface area contributed by atoms with Crippen LogP contribution in [-0.2, 0) is 4.79 Å². The molecule has 0 bridgehead atoms. The van der Waals surface area contributed by atoms with E-state index in [0.717, 1.165) is 50.0 Å². The van der Waals surface area contributed by atoms with Crippen LogP contribution in [-0.4, -0.2) is 31.1 Å². The van der Waals surface area contributed by atoms with Crippen molar-refractivity contribution in [2.75, 3.05) is 20.2 Å². The Kier molecular flexibility index (Phi) is 9.27. The molecule has 1 amide bonds. The molecule has 3 rings (SSSR count). The fraction of sp³-hybridized carbons (Fsp3) is 0.400. The Labute approximate surface area is 198 Å². The van der Waals surface area contributed by atoms with Gasteiger partial charge in [0.2, 0.25) is 0 Å². The number of carbonyl (C=O) groups excluding carboxylic acids is 1. The predicted octanol–water partition coefficient (Wildman–Crippen LogP) is 4.79. The van der Waals surface area contributed by atoms with E-state index in [1.54, 1.807) is 12.1 Å². The maximum atomic E-state index is 12.9. The quantitative estimate of drug-likeness (QED) is 0.202. The van der Waals surface area contributed by atoms with E-state index in [1.807, 2.05) is 43.4 Å². The summed E-state index contributed by atoms with van der Waals surface area (Å²) >= 11 is 3.31. The summed E-state index contributed by atoms with van der Waals surface area (Å²) in [6.07, 6.45) is 6.88. The lowest BCUT2D eigenvalue weighted by molar-refractivity contribution is -0.118. The van der Waals surface area contributed by atoms with Crippen molar-refractivity contribution in [1.29, 1.82) is 5.26 Å². The van der Waals surface area contributed by atoms with Crippen LogP contribution in [0.2, 0.25) is 0 Å². The lowest BCUT2D eigenvalue weighted by Crippen LogP contribution is -2.36. The molecule has 0 aliphatic heterocycles. The fourth-order valence-corrected chi connectivity index (χ4v) is 3.99.